The normalized spacial score (nSPS) is 14.5. The largest absolute Gasteiger partial charge is 0.397 e. The van der Waals surface area contributed by atoms with Crippen LogP contribution in [0.1, 0.15) is 26.7 Å². The number of nitrogens with two attached hydrogens (primary N) is 1. The summed E-state index contributed by atoms with van der Waals surface area (Å²) in [6.45, 7) is 4.30. The molecule has 4 N–H and O–H groups in total. The second-order valence-corrected chi connectivity index (χ2v) is 4.97. The van der Waals surface area contributed by atoms with Gasteiger partial charge >= 0.3 is 0 Å². The Kier molecular flexibility index (Phi) is 4.56. The van der Waals surface area contributed by atoms with Gasteiger partial charge in [0.1, 0.15) is 5.82 Å². The van der Waals surface area contributed by atoms with Crippen LogP contribution in [0.4, 0.5) is 11.5 Å². The molecule has 0 saturated heterocycles. The maximum atomic E-state index is 9.03. The summed E-state index contributed by atoms with van der Waals surface area (Å²) >= 11 is 3.41. The summed E-state index contributed by atoms with van der Waals surface area (Å²) < 4.78 is 0.838. The number of pyridine rings is 1. The van der Waals surface area contributed by atoms with Gasteiger partial charge in [0, 0.05) is 12.1 Å². The Morgan fingerprint density at radius 2 is 2.31 bits per heavy atom. The van der Waals surface area contributed by atoms with Gasteiger partial charge in [-0.25, -0.2) is 4.98 Å². The van der Waals surface area contributed by atoms with Crippen molar-refractivity contribution < 1.29 is 5.11 Å². The third-order valence-electron chi connectivity index (χ3n) is 2.73. The fraction of sp³-hybridized carbons (Fsp3) is 0.545. The molecule has 0 saturated carbocycles. The van der Waals surface area contributed by atoms with Crippen molar-refractivity contribution in [2.24, 2.45) is 0 Å². The first-order valence-corrected chi connectivity index (χ1v) is 6.10. The molecule has 1 aromatic rings. The Bertz CT molecular complexity index is 359. The molecule has 1 atom stereocenters. The molecular formula is C11H18BrN3O. The van der Waals surface area contributed by atoms with E-state index >= 15 is 0 Å². The summed E-state index contributed by atoms with van der Waals surface area (Å²) in [6.07, 6.45) is 3.20. The number of anilines is 2. The SMILES string of the molecule is CCC(C)(CCO)Nc1ncc(N)cc1Br. The first kappa shape index (κ1) is 13.3. The Balaban J connectivity index is 2.85. The molecule has 16 heavy (non-hydrogen) atoms. The van der Waals surface area contributed by atoms with Gasteiger partial charge in [0.15, 0.2) is 0 Å². The topological polar surface area (TPSA) is 71.2 Å². The Labute approximate surface area is 104 Å². The first-order chi connectivity index (χ1) is 7.50. The number of aliphatic hydroxyl groups excluding tert-OH is 1. The van der Waals surface area contributed by atoms with Crippen LogP contribution in [0.2, 0.25) is 0 Å². The fourth-order valence-electron chi connectivity index (χ4n) is 1.40. The highest BCUT2D eigenvalue weighted by molar-refractivity contribution is 9.10. The quantitative estimate of drug-likeness (QED) is 0.778. The second kappa shape index (κ2) is 5.50. The lowest BCUT2D eigenvalue weighted by Crippen LogP contribution is -2.35. The number of nitrogens with zero attached hydrogens (tertiary/aromatic N) is 1. The van der Waals surface area contributed by atoms with Crippen LogP contribution in [0.3, 0.4) is 0 Å². The number of hydrogen-bond donors (Lipinski definition) is 3. The van der Waals surface area contributed by atoms with Crippen molar-refractivity contribution >= 4 is 27.4 Å². The van der Waals surface area contributed by atoms with Crippen molar-refractivity contribution in [1.82, 2.24) is 4.98 Å². The number of rotatable bonds is 5. The fourth-order valence-corrected chi connectivity index (χ4v) is 1.87. The van der Waals surface area contributed by atoms with Gasteiger partial charge in [-0.05, 0) is 41.8 Å². The predicted octanol–water partition coefficient (Wildman–Crippen LogP) is 2.39. The van der Waals surface area contributed by atoms with E-state index in [2.05, 4.69) is 40.1 Å². The molecule has 0 radical (unpaired) electrons. The number of nitrogen functional groups attached to an aromatic ring is 1. The average Bonchev–Trinajstić information content (AvgIpc) is 2.23. The highest BCUT2D eigenvalue weighted by Crippen LogP contribution is 2.27. The van der Waals surface area contributed by atoms with Crippen LogP contribution in [-0.4, -0.2) is 22.2 Å². The van der Waals surface area contributed by atoms with Crippen LogP contribution in [0.5, 0.6) is 0 Å². The van der Waals surface area contributed by atoms with E-state index < -0.39 is 0 Å². The third-order valence-corrected chi connectivity index (χ3v) is 3.33. The number of halogens is 1. The Hall–Kier alpha value is -0.810. The molecule has 0 aliphatic carbocycles. The van der Waals surface area contributed by atoms with Gasteiger partial charge in [0.2, 0.25) is 0 Å². The molecule has 0 amide bonds. The van der Waals surface area contributed by atoms with E-state index in [9.17, 15) is 0 Å². The zero-order valence-corrected chi connectivity index (χ0v) is 11.2. The van der Waals surface area contributed by atoms with Crippen molar-refractivity contribution in [2.45, 2.75) is 32.2 Å². The molecule has 1 heterocycles. The standard InChI is InChI=1S/C11H18BrN3O/c1-3-11(2,4-5-16)15-10-9(12)6-8(13)7-14-10/h6-7,16H,3-5,13H2,1-2H3,(H,14,15). The molecule has 90 valence electrons. The van der Waals surface area contributed by atoms with Gasteiger partial charge in [-0.15, -0.1) is 0 Å². The van der Waals surface area contributed by atoms with E-state index in [1.54, 1.807) is 6.20 Å². The molecule has 0 aliphatic heterocycles. The van der Waals surface area contributed by atoms with Gasteiger partial charge in [0.25, 0.3) is 0 Å². The van der Waals surface area contributed by atoms with Crippen molar-refractivity contribution in [3.05, 3.63) is 16.7 Å². The van der Waals surface area contributed by atoms with E-state index in [-0.39, 0.29) is 12.1 Å². The van der Waals surface area contributed by atoms with Crippen molar-refractivity contribution in [1.29, 1.82) is 0 Å². The third kappa shape index (κ3) is 3.35. The smallest absolute Gasteiger partial charge is 0.140 e. The molecule has 1 aromatic heterocycles. The molecule has 0 bridgehead atoms. The van der Waals surface area contributed by atoms with Crippen molar-refractivity contribution in [3.8, 4) is 0 Å². The van der Waals surface area contributed by atoms with Crippen molar-refractivity contribution in [2.75, 3.05) is 17.7 Å². The lowest BCUT2D eigenvalue weighted by atomic mass is 9.95. The molecule has 1 unspecified atom stereocenters. The molecule has 5 heteroatoms. The summed E-state index contributed by atoms with van der Waals surface area (Å²) in [4.78, 5) is 4.23. The minimum absolute atomic E-state index is 0.152. The number of hydrogen-bond acceptors (Lipinski definition) is 4. The summed E-state index contributed by atoms with van der Waals surface area (Å²) in [7, 11) is 0. The molecule has 0 fully saturated rings. The molecular weight excluding hydrogens is 270 g/mol. The van der Waals surface area contributed by atoms with Gasteiger partial charge in [-0.2, -0.15) is 0 Å². The zero-order valence-electron chi connectivity index (χ0n) is 9.63. The number of aliphatic hydroxyl groups is 1. The highest BCUT2D eigenvalue weighted by Gasteiger charge is 2.22. The van der Waals surface area contributed by atoms with Gasteiger partial charge in [0.05, 0.1) is 16.4 Å². The monoisotopic (exact) mass is 287 g/mol. The number of nitrogens with one attached hydrogen (secondary N) is 1. The summed E-state index contributed by atoms with van der Waals surface area (Å²) in [5, 5.41) is 12.4. The summed E-state index contributed by atoms with van der Waals surface area (Å²) in [6, 6.07) is 1.81. The van der Waals surface area contributed by atoms with E-state index in [0.29, 0.717) is 12.1 Å². The van der Waals surface area contributed by atoms with Crippen LogP contribution in [-0.2, 0) is 0 Å². The van der Waals surface area contributed by atoms with Gasteiger partial charge < -0.3 is 16.2 Å². The van der Waals surface area contributed by atoms with Gasteiger partial charge in [-0.3, -0.25) is 0 Å². The lowest BCUT2D eigenvalue weighted by Gasteiger charge is -2.30. The van der Waals surface area contributed by atoms with E-state index in [0.717, 1.165) is 16.7 Å². The van der Waals surface area contributed by atoms with E-state index in [1.165, 1.54) is 0 Å². The lowest BCUT2D eigenvalue weighted by molar-refractivity contribution is 0.251. The maximum Gasteiger partial charge on any atom is 0.140 e. The van der Waals surface area contributed by atoms with Crippen LogP contribution < -0.4 is 11.1 Å². The first-order valence-electron chi connectivity index (χ1n) is 5.31. The Morgan fingerprint density at radius 1 is 1.62 bits per heavy atom. The predicted molar refractivity (Wildman–Crippen MR) is 70.4 cm³/mol. The minimum Gasteiger partial charge on any atom is -0.397 e. The Morgan fingerprint density at radius 3 is 2.81 bits per heavy atom. The van der Waals surface area contributed by atoms with Crippen LogP contribution in [0.15, 0.2) is 16.7 Å². The van der Waals surface area contributed by atoms with Crippen LogP contribution in [0, 0.1) is 0 Å². The highest BCUT2D eigenvalue weighted by atomic mass is 79.9. The van der Waals surface area contributed by atoms with E-state index in [1.807, 2.05) is 6.07 Å². The second-order valence-electron chi connectivity index (χ2n) is 4.11. The minimum atomic E-state index is -0.152. The molecule has 0 aliphatic rings. The molecule has 0 spiro atoms. The summed E-state index contributed by atoms with van der Waals surface area (Å²) in [5.74, 6) is 0.756. The van der Waals surface area contributed by atoms with Crippen LogP contribution in [0.25, 0.3) is 0 Å². The maximum absolute atomic E-state index is 9.03. The number of aromatic nitrogens is 1. The van der Waals surface area contributed by atoms with Crippen molar-refractivity contribution in [3.63, 3.8) is 0 Å². The molecule has 4 nitrogen and oxygen atoms in total. The summed E-state index contributed by atoms with van der Waals surface area (Å²) in [5.41, 5.74) is 6.09. The van der Waals surface area contributed by atoms with Gasteiger partial charge in [-0.1, -0.05) is 6.92 Å². The molecule has 0 aromatic carbocycles. The van der Waals surface area contributed by atoms with Crippen LogP contribution >= 0.6 is 15.9 Å². The zero-order chi connectivity index (χ0) is 12.2. The molecule has 1 rings (SSSR count). The van der Waals surface area contributed by atoms with E-state index in [4.69, 9.17) is 10.8 Å². The average molecular weight is 288 g/mol.